The molecule has 8 heteroatoms. The molecule has 0 aromatic carbocycles. The van der Waals surface area contributed by atoms with E-state index in [0.717, 1.165) is 24.3 Å². The van der Waals surface area contributed by atoms with E-state index in [1.54, 1.807) is 0 Å². The van der Waals surface area contributed by atoms with Gasteiger partial charge in [-0.2, -0.15) is 16.7 Å². The van der Waals surface area contributed by atoms with Crippen LogP contribution in [0.2, 0.25) is 0 Å². The quantitative estimate of drug-likeness (QED) is 0.657. The Morgan fingerprint density at radius 3 is 3.06 bits per heavy atom. The molecule has 1 aromatic heterocycles. The number of ether oxygens (including phenoxy) is 1. The lowest BCUT2D eigenvalue weighted by Crippen LogP contribution is -2.26. The second-order valence-electron chi connectivity index (χ2n) is 3.90. The van der Waals surface area contributed by atoms with Crippen LogP contribution in [0.3, 0.4) is 0 Å². The van der Waals surface area contributed by atoms with Crippen molar-refractivity contribution in [3.63, 3.8) is 0 Å². The average Bonchev–Trinajstić information content (AvgIpc) is 2.39. The van der Waals surface area contributed by atoms with Crippen molar-refractivity contribution in [3.8, 4) is 5.88 Å². The van der Waals surface area contributed by atoms with Gasteiger partial charge in [-0.05, 0) is 18.6 Å². The van der Waals surface area contributed by atoms with E-state index in [-0.39, 0.29) is 23.4 Å². The molecule has 1 N–H and O–H groups in total. The van der Waals surface area contributed by atoms with E-state index in [0.29, 0.717) is 0 Å². The maximum atomic E-state index is 11.0. The molecule has 1 aromatic rings. The van der Waals surface area contributed by atoms with Crippen molar-refractivity contribution in [1.29, 1.82) is 0 Å². The third kappa shape index (κ3) is 2.81. The van der Waals surface area contributed by atoms with Crippen LogP contribution in [0, 0.1) is 10.1 Å². The molecule has 7 nitrogen and oxygen atoms in total. The molecule has 0 bridgehead atoms. The van der Waals surface area contributed by atoms with Gasteiger partial charge in [0.05, 0.1) is 12.0 Å². The van der Waals surface area contributed by atoms with Crippen molar-refractivity contribution in [3.05, 3.63) is 16.4 Å². The predicted octanol–water partition coefficient (Wildman–Crippen LogP) is 1.70. The molecule has 2 heterocycles. The zero-order valence-electron chi connectivity index (χ0n) is 9.96. The first-order chi connectivity index (χ1) is 8.72. The Labute approximate surface area is 108 Å². The van der Waals surface area contributed by atoms with Gasteiger partial charge in [-0.25, -0.2) is 4.98 Å². The first-order valence-electron chi connectivity index (χ1n) is 5.60. The highest BCUT2D eigenvalue weighted by atomic mass is 32.2. The van der Waals surface area contributed by atoms with Crippen molar-refractivity contribution >= 4 is 23.3 Å². The molecular formula is C10H14N4O3S. The monoisotopic (exact) mass is 270 g/mol. The Kier molecular flexibility index (Phi) is 4.19. The minimum Gasteiger partial charge on any atom is -0.476 e. The Hall–Kier alpha value is -1.57. The van der Waals surface area contributed by atoms with Gasteiger partial charge in [0.25, 0.3) is 5.88 Å². The van der Waals surface area contributed by atoms with Crippen molar-refractivity contribution in [1.82, 2.24) is 9.97 Å². The van der Waals surface area contributed by atoms with Crippen molar-refractivity contribution in [2.75, 3.05) is 23.9 Å². The van der Waals surface area contributed by atoms with Crippen LogP contribution in [0.5, 0.6) is 5.88 Å². The van der Waals surface area contributed by atoms with Crippen LogP contribution < -0.4 is 10.1 Å². The van der Waals surface area contributed by atoms with Gasteiger partial charge in [-0.1, -0.05) is 0 Å². The summed E-state index contributed by atoms with van der Waals surface area (Å²) in [6.45, 7) is 0. The molecule has 2 rings (SSSR count). The summed E-state index contributed by atoms with van der Waals surface area (Å²) in [5.74, 6) is 2.30. The summed E-state index contributed by atoms with van der Waals surface area (Å²) >= 11 is 1.84. The molecule has 18 heavy (non-hydrogen) atoms. The number of anilines is 1. The lowest BCUT2D eigenvalue weighted by atomic mass is 10.2. The van der Waals surface area contributed by atoms with E-state index in [1.807, 2.05) is 11.8 Å². The molecule has 0 amide bonds. The Morgan fingerprint density at radius 2 is 2.44 bits per heavy atom. The van der Waals surface area contributed by atoms with Gasteiger partial charge in [-0.3, -0.25) is 10.1 Å². The SMILES string of the molecule is COc1ncnc(NC2CCCSC2)c1[N+](=O)[O-]. The molecule has 0 aliphatic carbocycles. The topological polar surface area (TPSA) is 90.2 Å². The number of hydrogen-bond acceptors (Lipinski definition) is 7. The van der Waals surface area contributed by atoms with E-state index < -0.39 is 4.92 Å². The fourth-order valence-corrected chi connectivity index (χ4v) is 2.90. The third-order valence-electron chi connectivity index (χ3n) is 2.67. The molecule has 0 saturated carbocycles. The maximum Gasteiger partial charge on any atom is 0.372 e. The maximum absolute atomic E-state index is 11.0. The largest absolute Gasteiger partial charge is 0.476 e. The van der Waals surface area contributed by atoms with E-state index in [1.165, 1.54) is 13.4 Å². The zero-order valence-corrected chi connectivity index (χ0v) is 10.8. The molecule has 1 aliphatic heterocycles. The Bertz CT molecular complexity index is 437. The van der Waals surface area contributed by atoms with Crippen molar-refractivity contribution in [2.45, 2.75) is 18.9 Å². The summed E-state index contributed by atoms with van der Waals surface area (Å²) < 4.78 is 4.90. The van der Waals surface area contributed by atoms with E-state index in [2.05, 4.69) is 15.3 Å². The summed E-state index contributed by atoms with van der Waals surface area (Å²) in [6.07, 6.45) is 3.37. The minimum absolute atomic E-state index is 0.0130. The van der Waals surface area contributed by atoms with Crippen LogP contribution >= 0.6 is 11.8 Å². The normalized spacial score (nSPS) is 19.3. The lowest BCUT2D eigenvalue weighted by Gasteiger charge is -2.22. The molecule has 1 fully saturated rings. The number of nitrogens with zero attached hydrogens (tertiary/aromatic N) is 3. The lowest BCUT2D eigenvalue weighted by molar-refractivity contribution is -0.385. The summed E-state index contributed by atoms with van der Waals surface area (Å²) in [4.78, 5) is 18.2. The average molecular weight is 270 g/mol. The van der Waals surface area contributed by atoms with Crippen LogP contribution in [-0.2, 0) is 0 Å². The number of thioether (sulfide) groups is 1. The van der Waals surface area contributed by atoms with Crippen LogP contribution in [-0.4, -0.2) is 39.5 Å². The predicted molar refractivity (Wildman–Crippen MR) is 69.2 cm³/mol. The number of nitrogens with one attached hydrogen (secondary N) is 1. The zero-order chi connectivity index (χ0) is 13.0. The smallest absolute Gasteiger partial charge is 0.372 e. The van der Waals surface area contributed by atoms with Crippen molar-refractivity contribution < 1.29 is 9.66 Å². The fraction of sp³-hybridized carbons (Fsp3) is 0.600. The molecule has 98 valence electrons. The second kappa shape index (κ2) is 5.85. The fourth-order valence-electron chi connectivity index (χ4n) is 1.83. The van der Waals surface area contributed by atoms with Gasteiger partial charge in [0, 0.05) is 11.8 Å². The number of rotatable bonds is 4. The van der Waals surface area contributed by atoms with E-state index >= 15 is 0 Å². The van der Waals surface area contributed by atoms with Gasteiger partial charge in [0.2, 0.25) is 5.82 Å². The highest BCUT2D eigenvalue weighted by molar-refractivity contribution is 7.99. The Balaban J connectivity index is 2.23. The number of hydrogen-bond donors (Lipinski definition) is 1. The highest BCUT2D eigenvalue weighted by Crippen LogP contribution is 2.32. The standard InChI is InChI=1S/C10H14N4O3S/c1-17-10-8(14(15)16)9(11-6-12-10)13-7-3-2-4-18-5-7/h6-7H,2-5H2,1H3,(H,11,12,13). The van der Waals surface area contributed by atoms with Crippen LogP contribution in [0.1, 0.15) is 12.8 Å². The van der Waals surface area contributed by atoms with Gasteiger partial charge < -0.3 is 10.1 Å². The second-order valence-corrected chi connectivity index (χ2v) is 5.05. The molecule has 0 spiro atoms. The number of nitro groups is 1. The molecule has 1 saturated heterocycles. The third-order valence-corrected chi connectivity index (χ3v) is 3.88. The summed E-state index contributed by atoms with van der Waals surface area (Å²) in [5, 5.41) is 14.2. The first-order valence-corrected chi connectivity index (χ1v) is 6.75. The van der Waals surface area contributed by atoms with E-state index in [9.17, 15) is 10.1 Å². The highest BCUT2D eigenvalue weighted by Gasteiger charge is 2.26. The number of methoxy groups -OCH3 is 1. The summed E-state index contributed by atoms with van der Waals surface area (Å²) in [5.41, 5.74) is -0.199. The van der Waals surface area contributed by atoms with Crippen molar-refractivity contribution in [2.24, 2.45) is 0 Å². The Morgan fingerprint density at radius 1 is 1.61 bits per heavy atom. The molecular weight excluding hydrogens is 256 g/mol. The van der Waals surface area contributed by atoms with Crippen LogP contribution in [0.4, 0.5) is 11.5 Å². The molecule has 0 radical (unpaired) electrons. The summed E-state index contributed by atoms with van der Waals surface area (Å²) in [7, 11) is 1.36. The van der Waals surface area contributed by atoms with Gasteiger partial charge in [0.1, 0.15) is 6.33 Å². The first kappa shape index (κ1) is 12.9. The number of aromatic nitrogens is 2. The van der Waals surface area contributed by atoms with Gasteiger partial charge >= 0.3 is 5.69 Å². The molecule has 1 atom stereocenters. The minimum atomic E-state index is -0.517. The molecule has 1 aliphatic rings. The summed E-state index contributed by atoms with van der Waals surface area (Å²) in [6, 6.07) is 0.210. The molecule has 1 unspecified atom stereocenters. The van der Waals surface area contributed by atoms with Crippen LogP contribution in [0.15, 0.2) is 6.33 Å². The van der Waals surface area contributed by atoms with E-state index in [4.69, 9.17) is 4.74 Å². The van der Waals surface area contributed by atoms with Crippen LogP contribution in [0.25, 0.3) is 0 Å². The van der Waals surface area contributed by atoms with Gasteiger partial charge in [-0.15, -0.1) is 0 Å². The van der Waals surface area contributed by atoms with Gasteiger partial charge in [0.15, 0.2) is 0 Å².